The fourth-order valence-electron chi connectivity index (χ4n) is 1.84. The lowest BCUT2D eigenvalue weighted by molar-refractivity contribution is 0.174. The molecule has 3 nitrogen and oxygen atoms in total. The van der Waals surface area contributed by atoms with Gasteiger partial charge in [0.05, 0.1) is 6.61 Å². The summed E-state index contributed by atoms with van der Waals surface area (Å²) in [4.78, 5) is 1.13. The van der Waals surface area contributed by atoms with Crippen molar-refractivity contribution in [3.63, 3.8) is 0 Å². The number of ether oxygens (including phenoxy) is 2. The van der Waals surface area contributed by atoms with Crippen molar-refractivity contribution >= 4 is 11.3 Å². The second-order valence-corrected chi connectivity index (χ2v) is 5.27. The fourth-order valence-corrected chi connectivity index (χ4v) is 2.71. The van der Waals surface area contributed by atoms with Crippen LogP contribution in [-0.4, -0.2) is 12.6 Å². The Morgan fingerprint density at radius 3 is 2.47 bits per heavy atom. The molecule has 0 spiro atoms. The topological polar surface area (TPSA) is 44.5 Å². The molecule has 2 N–H and O–H groups in total. The number of rotatable bonds is 6. The van der Waals surface area contributed by atoms with Crippen molar-refractivity contribution in [2.24, 2.45) is 5.73 Å². The first-order valence-corrected chi connectivity index (χ1v) is 7.27. The van der Waals surface area contributed by atoms with Crippen molar-refractivity contribution in [2.75, 3.05) is 6.61 Å². The Kier molecular flexibility index (Phi) is 4.82. The van der Waals surface area contributed by atoms with Gasteiger partial charge in [-0.1, -0.05) is 18.2 Å². The fraction of sp³-hybridized carbons (Fsp3) is 0.333. The van der Waals surface area contributed by atoms with Crippen LogP contribution in [0.15, 0.2) is 41.8 Å². The summed E-state index contributed by atoms with van der Waals surface area (Å²) in [7, 11) is 0. The largest absolute Gasteiger partial charge is 0.490 e. The summed E-state index contributed by atoms with van der Waals surface area (Å²) in [5.74, 6) is 1.49. The maximum Gasteiger partial charge on any atom is 0.162 e. The molecule has 0 aliphatic carbocycles. The summed E-state index contributed by atoms with van der Waals surface area (Å²) in [6.07, 6.45) is -0.151. The van der Waals surface area contributed by atoms with Crippen LogP contribution >= 0.6 is 11.3 Å². The summed E-state index contributed by atoms with van der Waals surface area (Å²) < 4.78 is 11.6. The van der Waals surface area contributed by atoms with Gasteiger partial charge in [-0.25, -0.2) is 0 Å². The normalized spacial score (nSPS) is 13.8. The molecule has 1 heterocycles. The Labute approximate surface area is 118 Å². The van der Waals surface area contributed by atoms with Gasteiger partial charge in [-0.2, -0.15) is 0 Å². The minimum absolute atomic E-state index is 0.0895. The molecule has 0 aliphatic rings. The third-order valence-corrected chi connectivity index (χ3v) is 3.64. The Bertz CT molecular complexity index is 497. The van der Waals surface area contributed by atoms with E-state index in [1.165, 1.54) is 0 Å². The number of benzene rings is 1. The Hall–Kier alpha value is -1.52. The van der Waals surface area contributed by atoms with Crippen molar-refractivity contribution in [3.05, 3.63) is 46.7 Å². The van der Waals surface area contributed by atoms with Gasteiger partial charge in [-0.3, -0.25) is 0 Å². The molecule has 0 amide bonds. The zero-order chi connectivity index (χ0) is 13.7. The minimum Gasteiger partial charge on any atom is -0.490 e. The first-order chi connectivity index (χ1) is 9.22. The second kappa shape index (κ2) is 6.59. The minimum atomic E-state index is -0.151. The van der Waals surface area contributed by atoms with Gasteiger partial charge >= 0.3 is 0 Å². The Morgan fingerprint density at radius 2 is 1.89 bits per heavy atom. The van der Waals surface area contributed by atoms with E-state index in [0.717, 1.165) is 16.4 Å². The van der Waals surface area contributed by atoms with Gasteiger partial charge < -0.3 is 15.2 Å². The van der Waals surface area contributed by atoms with Gasteiger partial charge in [0, 0.05) is 10.9 Å². The number of nitrogens with two attached hydrogens (primary N) is 1. The predicted octanol–water partition coefficient (Wildman–Crippen LogP) is 3.61. The summed E-state index contributed by atoms with van der Waals surface area (Å²) >= 11 is 1.65. The molecule has 2 atom stereocenters. The zero-order valence-corrected chi connectivity index (χ0v) is 12.0. The van der Waals surface area contributed by atoms with Gasteiger partial charge in [0.2, 0.25) is 0 Å². The summed E-state index contributed by atoms with van der Waals surface area (Å²) in [5.41, 5.74) is 6.04. The number of para-hydroxylation sites is 2. The second-order valence-electron chi connectivity index (χ2n) is 4.29. The van der Waals surface area contributed by atoms with E-state index in [4.69, 9.17) is 15.2 Å². The highest BCUT2D eigenvalue weighted by Gasteiger charge is 2.20. The molecule has 19 heavy (non-hydrogen) atoms. The summed E-state index contributed by atoms with van der Waals surface area (Å²) in [6, 6.07) is 11.6. The molecule has 1 aromatic carbocycles. The molecular formula is C15H19NO2S. The van der Waals surface area contributed by atoms with Crippen LogP contribution in [0.5, 0.6) is 11.5 Å². The Morgan fingerprint density at radius 1 is 1.16 bits per heavy atom. The molecule has 0 fully saturated rings. The molecule has 0 aliphatic heterocycles. The first-order valence-electron chi connectivity index (χ1n) is 6.39. The maximum absolute atomic E-state index is 6.06. The maximum atomic E-state index is 6.06. The van der Waals surface area contributed by atoms with E-state index >= 15 is 0 Å². The third kappa shape index (κ3) is 3.49. The summed E-state index contributed by atoms with van der Waals surface area (Å²) in [5, 5.41) is 2.03. The average molecular weight is 277 g/mol. The molecule has 102 valence electrons. The molecular weight excluding hydrogens is 258 g/mol. The van der Waals surface area contributed by atoms with E-state index in [2.05, 4.69) is 0 Å². The van der Waals surface area contributed by atoms with Gasteiger partial charge in [-0.15, -0.1) is 11.3 Å². The van der Waals surface area contributed by atoms with Crippen molar-refractivity contribution in [1.29, 1.82) is 0 Å². The van der Waals surface area contributed by atoms with Crippen molar-refractivity contribution < 1.29 is 9.47 Å². The molecule has 0 saturated heterocycles. The average Bonchev–Trinajstić information content (AvgIpc) is 2.91. The first kappa shape index (κ1) is 13.9. The molecule has 2 unspecified atom stereocenters. The Balaban J connectivity index is 2.22. The third-order valence-electron chi connectivity index (χ3n) is 2.70. The van der Waals surface area contributed by atoms with Gasteiger partial charge in [0.15, 0.2) is 11.5 Å². The van der Waals surface area contributed by atoms with Crippen molar-refractivity contribution in [2.45, 2.75) is 26.0 Å². The highest BCUT2D eigenvalue weighted by molar-refractivity contribution is 7.10. The van der Waals surface area contributed by atoms with Crippen LogP contribution < -0.4 is 15.2 Å². The van der Waals surface area contributed by atoms with Crippen LogP contribution in [0.3, 0.4) is 0 Å². The molecule has 0 bridgehead atoms. The smallest absolute Gasteiger partial charge is 0.162 e. The molecule has 1 aromatic heterocycles. The van der Waals surface area contributed by atoms with Crippen molar-refractivity contribution in [3.8, 4) is 11.5 Å². The summed E-state index contributed by atoms with van der Waals surface area (Å²) in [6.45, 7) is 4.52. The van der Waals surface area contributed by atoms with E-state index < -0.39 is 0 Å². The van der Waals surface area contributed by atoms with Gasteiger partial charge in [0.1, 0.15) is 6.10 Å². The number of thiophene rings is 1. The molecule has 2 rings (SSSR count). The highest BCUT2D eigenvalue weighted by atomic mass is 32.1. The highest BCUT2D eigenvalue weighted by Crippen LogP contribution is 2.33. The van der Waals surface area contributed by atoms with Crippen LogP contribution in [0.25, 0.3) is 0 Å². The number of hydrogen-bond donors (Lipinski definition) is 1. The quantitative estimate of drug-likeness (QED) is 0.877. The van der Waals surface area contributed by atoms with E-state index in [1.807, 2.05) is 55.6 Å². The lowest BCUT2D eigenvalue weighted by Gasteiger charge is -2.22. The standard InChI is InChI=1S/C15H19NO2S/c1-3-17-12-7-4-5-8-13(12)18-15(11(2)16)14-9-6-10-19-14/h4-11,15H,3,16H2,1-2H3. The van der Waals surface area contributed by atoms with Crippen LogP contribution in [0.4, 0.5) is 0 Å². The van der Waals surface area contributed by atoms with E-state index in [0.29, 0.717) is 6.61 Å². The molecule has 0 saturated carbocycles. The molecule has 2 aromatic rings. The predicted molar refractivity (Wildman–Crippen MR) is 78.9 cm³/mol. The SMILES string of the molecule is CCOc1ccccc1OC(c1cccs1)C(C)N. The molecule has 0 radical (unpaired) electrons. The lowest BCUT2D eigenvalue weighted by Crippen LogP contribution is -2.28. The van der Waals surface area contributed by atoms with Crippen LogP contribution in [0, 0.1) is 0 Å². The van der Waals surface area contributed by atoms with E-state index in [1.54, 1.807) is 11.3 Å². The van der Waals surface area contributed by atoms with Crippen LogP contribution in [0.1, 0.15) is 24.8 Å². The zero-order valence-electron chi connectivity index (χ0n) is 11.2. The van der Waals surface area contributed by atoms with Gasteiger partial charge in [-0.05, 0) is 37.4 Å². The van der Waals surface area contributed by atoms with Crippen LogP contribution in [0.2, 0.25) is 0 Å². The molecule has 4 heteroatoms. The number of hydrogen-bond acceptors (Lipinski definition) is 4. The van der Waals surface area contributed by atoms with Gasteiger partial charge in [0.25, 0.3) is 0 Å². The van der Waals surface area contributed by atoms with E-state index in [9.17, 15) is 0 Å². The van der Waals surface area contributed by atoms with Crippen LogP contribution in [-0.2, 0) is 0 Å². The monoisotopic (exact) mass is 277 g/mol. The van der Waals surface area contributed by atoms with E-state index in [-0.39, 0.29) is 12.1 Å². The lowest BCUT2D eigenvalue weighted by atomic mass is 10.1. The van der Waals surface area contributed by atoms with Crippen molar-refractivity contribution in [1.82, 2.24) is 0 Å².